The molecule has 0 saturated heterocycles. The Hall–Kier alpha value is 0.729. The van der Waals surface area contributed by atoms with Gasteiger partial charge < -0.3 is 11.0 Å². The Bertz CT molecular complexity index is 6.00. The molecule has 4 heavy (non-hydrogen) atoms. The van der Waals surface area contributed by atoms with Gasteiger partial charge in [0.25, 0.3) is 0 Å². The average Bonchev–Trinajstić information content (AvgIpc) is 0. The zero-order valence-electron chi connectivity index (χ0n) is 1.60. The minimum absolute atomic E-state index is 0. The van der Waals surface area contributed by atoms with Crippen LogP contribution in [0.5, 0.6) is 0 Å². The summed E-state index contributed by atoms with van der Waals surface area (Å²) in [7, 11) is 0. The number of hydrogen-bond donors (Lipinski definition) is 0. The predicted molar refractivity (Wildman–Crippen MR) is 11.1 cm³/mol. The molecule has 0 aliphatic rings. The van der Waals surface area contributed by atoms with E-state index in [1.54, 1.807) is 0 Å². The maximum atomic E-state index is 0. The summed E-state index contributed by atoms with van der Waals surface area (Å²) < 4.78 is 0. The van der Waals surface area contributed by atoms with Gasteiger partial charge in [0.15, 0.2) is 0 Å². The molecule has 0 atom stereocenters. The molecule has 4 heteroatoms. The second kappa shape index (κ2) is 52.2. The fourth-order valence-electron chi connectivity index (χ4n) is 0. The fourth-order valence-corrected chi connectivity index (χ4v) is 0. The van der Waals surface area contributed by atoms with E-state index >= 15 is 0 Å². The van der Waals surface area contributed by atoms with E-state index in [4.69, 9.17) is 0 Å². The van der Waals surface area contributed by atoms with Crippen LogP contribution in [0, 0.1) is 0 Å². The van der Waals surface area contributed by atoms with Crippen LogP contribution in [0.15, 0.2) is 0 Å². The van der Waals surface area contributed by atoms with Crippen molar-refractivity contribution in [3.8, 4) is 0 Å². The summed E-state index contributed by atoms with van der Waals surface area (Å²) in [5.41, 5.74) is 0. The van der Waals surface area contributed by atoms with Crippen LogP contribution < -0.4 is 0 Å². The van der Waals surface area contributed by atoms with Gasteiger partial charge in [0.05, 0.1) is 0 Å². The summed E-state index contributed by atoms with van der Waals surface area (Å²) in [6.07, 6.45) is 0. The SMILES string of the molecule is Cl.[Cu+2].[OH-].[OH-]. The van der Waals surface area contributed by atoms with E-state index in [1.807, 2.05) is 0 Å². The van der Waals surface area contributed by atoms with Crippen molar-refractivity contribution in [2.24, 2.45) is 0 Å². The Balaban J connectivity index is 0. The molecule has 0 aromatic carbocycles. The third kappa shape index (κ3) is 15.3. The van der Waals surface area contributed by atoms with Crippen LogP contribution in [-0.4, -0.2) is 11.0 Å². The monoisotopic (exact) mass is 133 g/mol. The Kier molecular flexibility index (Phi) is 1610. The Morgan fingerprint density at radius 1 is 0.750 bits per heavy atom. The summed E-state index contributed by atoms with van der Waals surface area (Å²) >= 11 is 0. The molecule has 0 spiro atoms. The van der Waals surface area contributed by atoms with Gasteiger partial charge in [-0.1, -0.05) is 0 Å². The Morgan fingerprint density at radius 3 is 0.750 bits per heavy atom. The zero-order valence-corrected chi connectivity index (χ0v) is 3.36. The van der Waals surface area contributed by atoms with Crippen molar-refractivity contribution in [3.63, 3.8) is 0 Å². The first-order valence-electron chi connectivity index (χ1n) is 0. The van der Waals surface area contributed by atoms with Gasteiger partial charge in [0.2, 0.25) is 0 Å². The van der Waals surface area contributed by atoms with Crippen LogP contribution in [0.4, 0.5) is 0 Å². The van der Waals surface area contributed by atoms with Crippen molar-refractivity contribution in [2.45, 2.75) is 0 Å². The summed E-state index contributed by atoms with van der Waals surface area (Å²) in [5, 5.41) is 0. The van der Waals surface area contributed by atoms with Crippen molar-refractivity contribution in [3.05, 3.63) is 0 Å². The molecular weight excluding hydrogens is 131 g/mol. The van der Waals surface area contributed by atoms with E-state index in [-0.39, 0.29) is 40.4 Å². The number of hydrogen-bond acceptors (Lipinski definition) is 2. The fraction of sp³-hybridized carbons (Fsp3) is 0. The normalized spacial score (nSPS) is 0. The smallest absolute Gasteiger partial charge is 0.870 e. The second-order valence-electron chi connectivity index (χ2n) is 0. The quantitative estimate of drug-likeness (QED) is 0.440. The van der Waals surface area contributed by atoms with Crippen LogP contribution in [-0.2, 0) is 17.1 Å². The van der Waals surface area contributed by atoms with Gasteiger partial charge in [0, 0.05) is 0 Å². The van der Waals surface area contributed by atoms with E-state index in [2.05, 4.69) is 0 Å². The largest absolute Gasteiger partial charge is 2.00 e. The van der Waals surface area contributed by atoms with Gasteiger partial charge in [-0.3, -0.25) is 0 Å². The molecule has 1 radical (unpaired) electrons. The first-order valence-corrected chi connectivity index (χ1v) is 0. The minimum atomic E-state index is 0. The van der Waals surface area contributed by atoms with Crippen LogP contribution in [0.3, 0.4) is 0 Å². The Labute approximate surface area is 41.1 Å². The molecule has 2 nitrogen and oxygen atoms in total. The molecule has 0 rings (SSSR count). The Morgan fingerprint density at radius 2 is 0.750 bits per heavy atom. The molecule has 0 aromatic heterocycles. The third-order valence-corrected chi connectivity index (χ3v) is 0. The van der Waals surface area contributed by atoms with E-state index in [0.29, 0.717) is 0 Å². The first-order chi connectivity index (χ1) is 0. The van der Waals surface area contributed by atoms with Crippen LogP contribution >= 0.6 is 12.4 Å². The minimum Gasteiger partial charge on any atom is -0.870 e. The molecule has 0 amide bonds. The van der Waals surface area contributed by atoms with Gasteiger partial charge in [-0.05, 0) is 0 Å². The predicted octanol–water partition coefficient (Wildman–Crippen LogP) is 0.0657. The molecule has 33 valence electrons. The topological polar surface area (TPSA) is 60.0 Å². The van der Waals surface area contributed by atoms with Gasteiger partial charge >= 0.3 is 17.1 Å². The van der Waals surface area contributed by atoms with Crippen molar-refractivity contribution < 1.29 is 28.0 Å². The summed E-state index contributed by atoms with van der Waals surface area (Å²) in [5.74, 6) is 0. The van der Waals surface area contributed by atoms with E-state index < -0.39 is 0 Å². The van der Waals surface area contributed by atoms with E-state index in [9.17, 15) is 0 Å². The summed E-state index contributed by atoms with van der Waals surface area (Å²) in [4.78, 5) is 0. The number of rotatable bonds is 0. The molecule has 0 unspecified atom stereocenters. The van der Waals surface area contributed by atoms with Crippen LogP contribution in [0.1, 0.15) is 0 Å². The molecule has 0 saturated carbocycles. The van der Waals surface area contributed by atoms with Crippen LogP contribution in [0.2, 0.25) is 0 Å². The van der Waals surface area contributed by atoms with Gasteiger partial charge in [0.1, 0.15) is 0 Å². The molecule has 0 aliphatic heterocycles. The third-order valence-electron chi connectivity index (χ3n) is 0. The van der Waals surface area contributed by atoms with Crippen molar-refractivity contribution in [1.82, 2.24) is 0 Å². The second-order valence-corrected chi connectivity index (χ2v) is 0. The van der Waals surface area contributed by atoms with Crippen molar-refractivity contribution in [2.75, 3.05) is 0 Å². The number of halogens is 1. The average molecular weight is 134 g/mol. The molecule has 2 N–H and O–H groups in total. The maximum Gasteiger partial charge on any atom is 2.00 e. The van der Waals surface area contributed by atoms with E-state index in [0.717, 1.165) is 0 Å². The van der Waals surface area contributed by atoms with Crippen molar-refractivity contribution >= 4 is 12.4 Å². The van der Waals surface area contributed by atoms with E-state index in [1.165, 1.54) is 0 Å². The molecule has 0 bridgehead atoms. The van der Waals surface area contributed by atoms with Crippen LogP contribution in [0.25, 0.3) is 0 Å². The van der Waals surface area contributed by atoms with Gasteiger partial charge in [-0.15, -0.1) is 12.4 Å². The zero-order chi connectivity index (χ0) is 0. The molecule has 0 fully saturated rings. The standard InChI is InChI=1S/ClH.Cu.2H2O/h1H;;2*1H2/q;+2;;/p-2. The first kappa shape index (κ1) is 124. The van der Waals surface area contributed by atoms with Gasteiger partial charge in [-0.2, -0.15) is 0 Å². The molecular formula is H3ClCuO2. The van der Waals surface area contributed by atoms with Crippen molar-refractivity contribution in [1.29, 1.82) is 0 Å². The summed E-state index contributed by atoms with van der Waals surface area (Å²) in [6, 6.07) is 0. The molecule has 0 heterocycles. The molecule has 0 aliphatic carbocycles. The summed E-state index contributed by atoms with van der Waals surface area (Å²) in [6.45, 7) is 0. The van der Waals surface area contributed by atoms with Gasteiger partial charge in [-0.25, -0.2) is 0 Å². The molecule has 0 aromatic rings. The maximum absolute atomic E-state index is 0.